The van der Waals surface area contributed by atoms with Gasteiger partial charge in [0.1, 0.15) is 0 Å². The van der Waals surface area contributed by atoms with Gasteiger partial charge in [0.2, 0.25) is 15.9 Å². The molecule has 8 heteroatoms. The van der Waals surface area contributed by atoms with Crippen LogP contribution in [0.2, 0.25) is 5.02 Å². The minimum Gasteiger partial charge on any atom is -0.325 e. The Bertz CT molecular complexity index is 871. The molecule has 0 aliphatic rings. The molecule has 0 unspecified atom stereocenters. The van der Waals surface area contributed by atoms with Crippen molar-refractivity contribution in [3.8, 4) is 0 Å². The lowest BCUT2D eigenvalue weighted by Gasteiger charge is -2.17. The molecule has 0 saturated carbocycles. The number of carbonyl (C=O) groups is 1. The fraction of sp³-hybridized carbons (Fsp3) is 0.188. The highest BCUT2D eigenvalue weighted by Crippen LogP contribution is 2.21. The standard InChI is InChI=1S/C16H16BrClN2O3S/c1-11-8-13(6-7-15(11)17)19-16(21)10-20(2)24(22,23)14-5-3-4-12(18)9-14/h3-9H,10H2,1-2H3,(H,19,21). The van der Waals surface area contributed by atoms with Crippen LogP contribution in [0.4, 0.5) is 5.69 Å². The molecule has 1 amide bonds. The van der Waals surface area contributed by atoms with Gasteiger partial charge in [-0.15, -0.1) is 0 Å². The molecule has 5 nitrogen and oxygen atoms in total. The van der Waals surface area contributed by atoms with Crippen molar-refractivity contribution < 1.29 is 13.2 Å². The zero-order valence-corrected chi connectivity index (χ0v) is 16.2. The van der Waals surface area contributed by atoms with Crippen molar-refractivity contribution >= 4 is 49.1 Å². The maximum atomic E-state index is 12.5. The molecule has 2 aromatic carbocycles. The van der Waals surface area contributed by atoms with Crippen LogP contribution in [0.25, 0.3) is 0 Å². The summed E-state index contributed by atoms with van der Waals surface area (Å²) in [7, 11) is -2.43. The van der Waals surface area contributed by atoms with Crippen molar-refractivity contribution in [2.45, 2.75) is 11.8 Å². The van der Waals surface area contributed by atoms with Gasteiger partial charge >= 0.3 is 0 Å². The molecule has 0 aromatic heterocycles. The van der Waals surface area contributed by atoms with Crippen LogP contribution in [0.5, 0.6) is 0 Å². The molecule has 0 fully saturated rings. The Hall–Kier alpha value is -1.41. The molecule has 0 saturated heterocycles. The van der Waals surface area contributed by atoms with E-state index in [4.69, 9.17) is 11.6 Å². The number of nitrogens with one attached hydrogen (secondary N) is 1. The second kappa shape index (κ2) is 7.65. The summed E-state index contributed by atoms with van der Waals surface area (Å²) in [5.41, 5.74) is 1.57. The summed E-state index contributed by atoms with van der Waals surface area (Å²) >= 11 is 9.21. The molecule has 0 aliphatic carbocycles. The fourth-order valence-electron chi connectivity index (χ4n) is 2.02. The fourth-order valence-corrected chi connectivity index (χ4v) is 3.69. The summed E-state index contributed by atoms with van der Waals surface area (Å²) in [6.45, 7) is 1.60. The van der Waals surface area contributed by atoms with Gasteiger partial charge in [0.25, 0.3) is 0 Å². The lowest BCUT2D eigenvalue weighted by Crippen LogP contribution is -2.35. The van der Waals surface area contributed by atoms with Gasteiger partial charge in [-0.3, -0.25) is 4.79 Å². The molecule has 2 aromatic rings. The van der Waals surface area contributed by atoms with Gasteiger partial charge in [-0.25, -0.2) is 8.42 Å². The zero-order valence-electron chi connectivity index (χ0n) is 13.1. The Labute approximate surface area is 154 Å². The first-order valence-corrected chi connectivity index (χ1v) is 9.59. The van der Waals surface area contributed by atoms with Crippen LogP contribution in [-0.2, 0) is 14.8 Å². The molecular weight excluding hydrogens is 416 g/mol. The van der Waals surface area contributed by atoms with Crippen molar-refractivity contribution in [1.82, 2.24) is 4.31 Å². The largest absolute Gasteiger partial charge is 0.325 e. The van der Waals surface area contributed by atoms with Crippen molar-refractivity contribution in [3.05, 3.63) is 57.5 Å². The van der Waals surface area contributed by atoms with Crippen LogP contribution in [0.15, 0.2) is 51.8 Å². The Balaban J connectivity index is 2.09. The summed E-state index contributed by atoms with van der Waals surface area (Å²) < 4.78 is 26.8. The Morgan fingerprint density at radius 3 is 2.58 bits per heavy atom. The number of amides is 1. The number of hydrogen-bond donors (Lipinski definition) is 1. The lowest BCUT2D eigenvalue weighted by molar-refractivity contribution is -0.116. The Morgan fingerprint density at radius 1 is 1.25 bits per heavy atom. The number of carbonyl (C=O) groups excluding carboxylic acids is 1. The third kappa shape index (κ3) is 4.57. The van der Waals surface area contributed by atoms with Crippen LogP contribution in [0, 0.1) is 6.92 Å². The quantitative estimate of drug-likeness (QED) is 0.785. The van der Waals surface area contributed by atoms with Crippen LogP contribution in [0.1, 0.15) is 5.56 Å². The first kappa shape index (κ1) is 18.9. The van der Waals surface area contributed by atoms with E-state index < -0.39 is 15.9 Å². The van der Waals surface area contributed by atoms with E-state index in [0.717, 1.165) is 14.3 Å². The predicted octanol–water partition coefficient (Wildman–Crippen LogP) is 3.67. The molecule has 24 heavy (non-hydrogen) atoms. The predicted molar refractivity (Wildman–Crippen MR) is 98.8 cm³/mol. The van der Waals surface area contributed by atoms with E-state index in [1.807, 2.05) is 13.0 Å². The van der Waals surface area contributed by atoms with E-state index >= 15 is 0 Å². The second-order valence-electron chi connectivity index (χ2n) is 5.23. The molecule has 0 radical (unpaired) electrons. The highest BCUT2D eigenvalue weighted by atomic mass is 79.9. The number of sulfonamides is 1. The molecule has 0 heterocycles. The van der Waals surface area contributed by atoms with Gasteiger partial charge in [-0.05, 0) is 48.9 Å². The maximum absolute atomic E-state index is 12.5. The van der Waals surface area contributed by atoms with Gasteiger partial charge in [-0.2, -0.15) is 4.31 Å². The van der Waals surface area contributed by atoms with E-state index in [-0.39, 0.29) is 11.4 Å². The smallest absolute Gasteiger partial charge is 0.243 e. The highest BCUT2D eigenvalue weighted by molar-refractivity contribution is 9.10. The van der Waals surface area contributed by atoms with Gasteiger partial charge in [0, 0.05) is 22.2 Å². The number of hydrogen-bond acceptors (Lipinski definition) is 3. The molecule has 128 valence electrons. The summed E-state index contributed by atoms with van der Waals surface area (Å²) in [4.78, 5) is 12.2. The zero-order chi connectivity index (χ0) is 17.9. The molecule has 2 rings (SSSR count). The number of aryl methyl sites for hydroxylation is 1. The first-order chi connectivity index (χ1) is 11.2. The van der Waals surface area contributed by atoms with E-state index in [1.54, 1.807) is 24.3 Å². The van der Waals surface area contributed by atoms with Crippen LogP contribution in [0.3, 0.4) is 0 Å². The van der Waals surface area contributed by atoms with Crippen molar-refractivity contribution in [3.63, 3.8) is 0 Å². The topological polar surface area (TPSA) is 66.5 Å². The van der Waals surface area contributed by atoms with E-state index in [1.165, 1.54) is 19.2 Å². The average molecular weight is 432 g/mol. The maximum Gasteiger partial charge on any atom is 0.243 e. The molecule has 0 bridgehead atoms. The number of halogens is 2. The molecule has 0 atom stereocenters. The van der Waals surface area contributed by atoms with E-state index in [2.05, 4.69) is 21.2 Å². The lowest BCUT2D eigenvalue weighted by atomic mass is 10.2. The van der Waals surface area contributed by atoms with E-state index in [9.17, 15) is 13.2 Å². The molecular formula is C16H16BrClN2O3S. The summed E-state index contributed by atoms with van der Waals surface area (Å²) in [6, 6.07) is 11.3. The van der Waals surface area contributed by atoms with Gasteiger partial charge in [-0.1, -0.05) is 33.6 Å². The SMILES string of the molecule is Cc1cc(NC(=O)CN(C)S(=O)(=O)c2cccc(Cl)c2)ccc1Br. The number of nitrogens with zero attached hydrogens (tertiary/aromatic N) is 1. The van der Waals surface area contributed by atoms with Crippen LogP contribution in [-0.4, -0.2) is 32.2 Å². The highest BCUT2D eigenvalue weighted by Gasteiger charge is 2.23. The minimum absolute atomic E-state index is 0.0461. The summed E-state index contributed by atoms with van der Waals surface area (Å²) in [5, 5.41) is 3.00. The number of benzene rings is 2. The Morgan fingerprint density at radius 2 is 1.96 bits per heavy atom. The summed E-state index contributed by atoms with van der Waals surface area (Å²) in [6.07, 6.45) is 0. The first-order valence-electron chi connectivity index (χ1n) is 6.98. The monoisotopic (exact) mass is 430 g/mol. The van der Waals surface area contributed by atoms with Crippen molar-refractivity contribution in [1.29, 1.82) is 0 Å². The average Bonchev–Trinajstić information content (AvgIpc) is 2.50. The van der Waals surface area contributed by atoms with Crippen molar-refractivity contribution in [2.24, 2.45) is 0 Å². The summed E-state index contributed by atoms with van der Waals surface area (Å²) in [5.74, 6) is -0.426. The Kier molecular flexibility index (Phi) is 6.03. The molecule has 1 N–H and O–H groups in total. The third-order valence-corrected chi connectivity index (χ3v) is 6.24. The number of likely N-dealkylation sites (N-methyl/N-ethyl adjacent to an activating group) is 1. The normalized spacial score (nSPS) is 11.5. The van der Waals surface area contributed by atoms with Gasteiger partial charge in [0.05, 0.1) is 11.4 Å². The second-order valence-corrected chi connectivity index (χ2v) is 8.57. The third-order valence-electron chi connectivity index (χ3n) is 3.31. The number of rotatable bonds is 5. The van der Waals surface area contributed by atoms with Crippen LogP contribution >= 0.6 is 27.5 Å². The van der Waals surface area contributed by atoms with E-state index in [0.29, 0.717) is 10.7 Å². The minimum atomic E-state index is -3.78. The number of anilines is 1. The van der Waals surface area contributed by atoms with Gasteiger partial charge < -0.3 is 5.32 Å². The van der Waals surface area contributed by atoms with Gasteiger partial charge in [0.15, 0.2) is 0 Å². The molecule has 0 aliphatic heterocycles. The molecule has 0 spiro atoms. The van der Waals surface area contributed by atoms with Crippen LogP contribution < -0.4 is 5.32 Å². The van der Waals surface area contributed by atoms with Crippen molar-refractivity contribution in [2.75, 3.05) is 18.9 Å².